The average molecular weight is 350 g/mol. The fourth-order valence-corrected chi connectivity index (χ4v) is 2.95. The Morgan fingerprint density at radius 2 is 1.90 bits per heavy atom. The molecule has 0 unspecified atom stereocenters. The molecule has 0 aromatic heterocycles. The number of rotatable bonds is 4. The molecule has 0 aliphatic heterocycles. The highest BCUT2D eigenvalue weighted by Crippen LogP contribution is 2.34. The van der Waals surface area contributed by atoms with Crippen molar-refractivity contribution >= 4 is 21.8 Å². The molecule has 2 nitrogen and oxygen atoms in total. The van der Waals surface area contributed by atoms with E-state index in [1.807, 2.05) is 36.9 Å². The Balaban J connectivity index is 2.36. The van der Waals surface area contributed by atoms with E-state index in [9.17, 15) is 4.79 Å². The summed E-state index contributed by atoms with van der Waals surface area (Å²) in [6, 6.07) is 10.3. The molecule has 0 spiro atoms. The van der Waals surface area contributed by atoms with Crippen molar-refractivity contribution in [1.82, 2.24) is 4.90 Å². The molecule has 0 saturated carbocycles. The normalized spacial score (nSPS) is 17.0. The average Bonchev–Trinajstić information content (AvgIpc) is 2.48. The maximum Gasteiger partial charge on any atom is 0.243 e. The van der Waals surface area contributed by atoms with Gasteiger partial charge in [0.15, 0.2) is 0 Å². The predicted molar refractivity (Wildman–Crippen MR) is 91.3 cm³/mol. The van der Waals surface area contributed by atoms with Crippen molar-refractivity contribution in [1.29, 1.82) is 0 Å². The van der Waals surface area contributed by atoms with Gasteiger partial charge in [0.05, 0.1) is 10.4 Å². The first kappa shape index (κ1) is 16.3. The topological polar surface area (TPSA) is 20.3 Å². The highest BCUT2D eigenvalue weighted by Gasteiger charge is 2.34. The lowest BCUT2D eigenvalue weighted by molar-refractivity contribution is -0.132. The molecule has 114 valence electrons. The zero-order valence-electron chi connectivity index (χ0n) is 13.1. The van der Waals surface area contributed by atoms with E-state index in [2.05, 4.69) is 41.1 Å². The van der Waals surface area contributed by atoms with Crippen molar-refractivity contribution in [2.45, 2.75) is 56.8 Å². The third-order valence-corrected chi connectivity index (χ3v) is 4.31. The Hall–Kier alpha value is -1.09. The number of alkyl halides is 1. The fraction of sp³-hybridized carbons (Fsp3) is 0.500. The molecule has 0 saturated heterocycles. The highest BCUT2D eigenvalue weighted by molar-refractivity contribution is 9.10. The molecular formula is C18H24BrNO. The molecule has 0 heterocycles. The van der Waals surface area contributed by atoms with Gasteiger partial charge in [-0.25, -0.2) is 0 Å². The van der Waals surface area contributed by atoms with Crippen molar-refractivity contribution in [2.75, 3.05) is 0 Å². The van der Waals surface area contributed by atoms with Crippen LogP contribution in [0.2, 0.25) is 0 Å². The van der Waals surface area contributed by atoms with Crippen LogP contribution in [-0.2, 0) is 4.79 Å². The smallest absolute Gasteiger partial charge is 0.243 e. The van der Waals surface area contributed by atoms with E-state index < -0.39 is 4.32 Å². The van der Waals surface area contributed by atoms with Crippen LogP contribution in [0.25, 0.3) is 0 Å². The Labute approximate surface area is 136 Å². The summed E-state index contributed by atoms with van der Waals surface area (Å²) in [4.78, 5) is 14.9. The second-order valence-electron chi connectivity index (χ2n) is 6.18. The monoisotopic (exact) mass is 349 g/mol. The number of hydrogen-bond acceptors (Lipinski definition) is 1. The van der Waals surface area contributed by atoms with Crippen LogP contribution in [0.4, 0.5) is 0 Å². The molecule has 0 N–H and O–H groups in total. The van der Waals surface area contributed by atoms with E-state index in [1.165, 1.54) is 24.1 Å². The molecule has 2 rings (SSSR count). The van der Waals surface area contributed by atoms with Gasteiger partial charge < -0.3 is 4.90 Å². The van der Waals surface area contributed by atoms with Gasteiger partial charge in [0.2, 0.25) is 5.91 Å². The largest absolute Gasteiger partial charge is 0.308 e. The molecular weight excluding hydrogens is 326 g/mol. The first-order chi connectivity index (χ1) is 9.91. The molecule has 1 aromatic rings. The molecule has 0 radical (unpaired) electrons. The van der Waals surface area contributed by atoms with Crippen molar-refractivity contribution in [3.8, 4) is 0 Å². The summed E-state index contributed by atoms with van der Waals surface area (Å²) in [6.07, 6.45) is 6.69. The van der Waals surface area contributed by atoms with Crippen LogP contribution < -0.4 is 0 Å². The minimum absolute atomic E-state index is 0.0554. The van der Waals surface area contributed by atoms with E-state index >= 15 is 0 Å². The Morgan fingerprint density at radius 3 is 2.43 bits per heavy atom. The highest BCUT2D eigenvalue weighted by atomic mass is 79.9. The van der Waals surface area contributed by atoms with E-state index in [-0.39, 0.29) is 11.9 Å². The molecule has 1 aliphatic rings. The molecule has 0 bridgehead atoms. The Kier molecular flexibility index (Phi) is 5.26. The summed E-state index contributed by atoms with van der Waals surface area (Å²) in [5.41, 5.74) is 2.35. The van der Waals surface area contributed by atoms with Crippen LogP contribution in [0.1, 0.15) is 58.1 Å². The quantitative estimate of drug-likeness (QED) is 0.683. The van der Waals surface area contributed by atoms with Gasteiger partial charge in [-0.3, -0.25) is 4.79 Å². The van der Waals surface area contributed by atoms with Gasteiger partial charge in [-0.2, -0.15) is 0 Å². The van der Waals surface area contributed by atoms with E-state index in [0.717, 1.165) is 12.8 Å². The van der Waals surface area contributed by atoms with Gasteiger partial charge in [0, 0.05) is 5.70 Å². The molecule has 1 amide bonds. The van der Waals surface area contributed by atoms with Crippen LogP contribution in [0.5, 0.6) is 0 Å². The van der Waals surface area contributed by atoms with E-state index in [0.29, 0.717) is 0 Å². The second-order valence-corrected chi connectivity index (χ2v) is 8.16. The van der Waals surface area contributed by atoms with Gasteiger partial charge in [-0.1, -0.05) is 52.3 Å². The van der Waals surface area contributed by atoms with Crippen LogP contribution in [0, 0.1) is 0 Å². The molecule has 1 atom stereocenters. The number of carbonyl (C=O) groups excluding carboxylic acids is 1. The maximum atomic E-state index is 12.9. The third-order valence-electron chi connectivity index (χ3n) is 3.97. The number of allylic oxidation sites excluding steroid dienone is 2. The third kappa shape index (κ3) is 3.97. The summed E-state index contributed by atoms with van der Waals surface area (Å²) in [6.45, 7) is 5.95. The zero-order chi connectivity index (χ0) is 15.5. The van der Waals surface area contributed by atoms with Crippen molar-refractivity contribution in [3.63, 3.8) is 0 Å². The molecule has 21 heavy (non-hydrogen) atoms. The van der Waals surface area contributed by atoms with Crippen molar-refractivity contribution in [2.24, 2.45) is 0 Å². The van der Waals surface area contributed by atoms with Gasteiger partial charge in [-0.05, 0) is 52.0 Å². The van der Waals surface area contributed by atoms with Gasteiger partial charge in [-0.15, -0.1) is 0 Å². The predicted octanol–water partition coefficient (Wildman–Crippen LogP) is 5.21. The van der Waals surface area contributed by atoms with Crippen molar-refractivity contribution < 1.29 is 4.79 Å². The molecule has 3 heteroatoms. The van der Waals surface area contributed by atoms with E-state index in [1.54, 1.807) is 0 Å². The fourth-order valence-electron chi connectivity index (χ4n) is 2.76. The lowest BCUT2D eigenvalue weighted by Gasteiger charge is -2.36. The van der Waals surface area contributed by atoms with Crippen LogP contribution in [0.15, 0.2) is 42.1 Å². The minimum atomic E-state index is -0.547. The van der Waals surface area contributed by atoms with Crippen LogP contribution in [0.3, 0.4) is 0 Å². The SMILES string of the molecule is C[C@H](c1ccccc1)N(C(=O)C(C)(C)Br)C1=CCCCC1. The van der Waals surface area contributed by atoms with Gasteiger partial charge in [0.1, 0.15) is 0 Å². The summed E-state index contributed by atoms with van der Waals surface area (Å²) in [5, 5.41) is 0. The maximum absolute atomic E-state index is 12.9. The molecule has 1 aliphatic carbocycles. The lowest BCUT2D eigenvalue weighted by Crippen LogP contribution is -2.42. The summed E-state index contributed by atoms with van der Waals surface area (Å²) < 4.78 is -0.547. The summed E-state index contributed by atoms with van der Waals surface area (Å²) in [5.74, 6) is 0.131. The van der Waals surface area contributed by atoms with Crippen LogP contribution >= 0.6 is 15.9 Å². The summed E-state index contributed by atoms with van der Waals surface area (Å²) in [7, 11) is 0. The zero-order valence-corrected chi connectivity index (χ0v) is 14.7. The van der Waals surface area contributed by atoms with Crippen molar-refractivity contribution in [3.05, 3.63) is 47.7 Å². The van der Waals surface area contributed by atoms with Crippen LogP contribution in [-0.4, -0.2) is 15.1 Å². The Bertz CT molecular complexity index is 516. The number of benzene rings is 1. The standard InChI is InChI=1S/C18H24BrNO/c1-14(15-10-6-4-7-11-15)20(17(21)18(2,3)19)16-12-8-5-9-13-16/h4,6-7,10-12,14H,5,8-9,13H2,1-3H3/t14-/m1/s1. The number of hydrogen-bond donors (Lipinski definition) is 0. The Morgan fingerprint density at radius 1 is 1.24 bits per heavy atom. The summed E-state index contributed by atoms with van der Waals surface area (Å²) >= 11 is 3.53. The van der Waals surface area contributed by atoms with Gasteiger partial charge in [0.25, 0.3) is 0 Å². The first-order valence-corrected chi connectivity index (χ1v) is 8.47. The molecule has 1 aromatic carbocycles. The number of nitrogens with zero attached hydrogens (tertiary/aromatic N) is 1. The first-order valence-electron chi connectivity index (χ1n) is 7.68. The minimum Gasteiger partial charge on any atom is -0.308 e. The van der Waals surface area contributed by atoms with Gasteiger partial charge >= 0.3 is 0 Å². The number of halogens is 1. The number of amides is 1. The second kappa shape index (κ2) is 6.78. The lowest BCUT2D eigenvalue weighted by atomic mass is 9.98. The number of carbonyl (C=O) groups is 1. The molecule has 0 fully saturated rings. The van der Waals surface area contributed by atoms with E-state index in [4.69, 9.17) is 0 Å².